The molecule has 25 heavy (non-hydrogen) atoms. The van der Waals surface area contributed by atoms with E-state index < -0.39 is 11.8 Å². The van der Waals surface area contributed by atoms with Gasteiger partial charge in [-0.15, -0.1) is 0 Å². The van der Waals surface area contributed by atoms with E-state index in [2.05, 4.69) is 16.0 Å². The topological polar surface area (TPSA) is 93.1 Å². The number of carbonyl (C=O) groups is 2. The van der Waals surface area contributed by atoms with Gasteiger partial charge in [0.2, 0.25) is 0 Å². The molecule has 0 fully saturated rings. The Morgan fingerprint density at radius 3 is 2.32 bits per heavy atom. The highest BCUT2D eigenvalue weighted by molar-refractivity contribution is 5.98. The Labute approximate surface area is 146 Å². The van der Waals surface area contributed by atoms with Gasteiger partial charge in [0, 0.05) is 18.2 Å². The Morgan fingerprint density at radius 2 is 1.68 bits per heavy atom. The van der Waals surface area contributed by atoms with Crippen LogP contribution in [0.3, 0.4) is 0 Å². The summed E-state index contributed by atoms with van der Waals surface area (Å²) in [6.45, 7) is 4.49. The zero-order valence-electron chi connectivity index (χ0n) is 14.4. The normalized spacial score (nSPS) is 10.3. The predicted molar refractivity (Wildman–Crippen MR) is 94.2 cm³/mol. The number of nitrogens with one attached hydrogen (secondary N) is 2. The van der Waals surface area contributed by atoms with Gasteiger partial charge in [-0.25, -0.2) is 4.68 Å². The van der Waals surface area contributed by atoms with Crippen LogP contribution in [0.4, 0.5) is 0 Å². The molecular weight excluding hydrogens is 320 g/mol. The van der Waals surface area contributed by atoms with Gasteiger partial charge in [0.05, 0.1) is 0 Å². The Balaban J connectivity index is 1.99. The summed E-state index contributed by atoms with van der Waals surface area (Å²) >= 11 is 0. The van der Waals surface area contributed by atoms with Crippen LogP contribution in [0, 0.1) is 0 Å². The smallest absolute Gasteiger partial charge is 0.268 e. The Morgan fingerprint density at radius 1 is 1.00 bits per heavy atom. The lowest BCUT2D eigenvalue weighted by atomic mass is 10.1. The van der Waals surface area contributed by atoms with E-state index in [4.69, 9.17) is 0 Å². The molecular formula is C18H22N4O3. The summed E-state index contributed by atoms with van der Waals surface area (Å²) in [6.07, 6.45) is 2.60. The molecule has 2 amide bonds. The van der Waals surface area contributed by atoms with E-state index in [1.54, 1.807) is 12.1 Å². The minimum atomic E-state index is -0.580. The van der Waals surface area contributed by atoms with E-state index in [1.165, 1.54) is 16.8 Å². The first kappa shape index (κ1) is 18.4. The monoisotopic (exact) mass is 342 g/mol. The standard InChI is InChI=1S/C18H22N4O3/c1-3-5-12-22-16(23)11-10-15(21-22)18(25)20-19-17(24)14-8-6-13(4-2)7-9-14/h6-11H,3-5,12H2,1-2H3,(H,19,24)(H,20,25). The Hall–Kier alpha value is -2.96. The van der Waals surface area contributed by atoms with Crippen molar-refractivity contribution in [3.63, 3.8) is 0 Å². The molecule has 132 valence electrons. The number of unbranched alkanes of at least 4 members (excludes halogenated alkanes) is 1. The van der Waals surface area contributed by atoms with Gasteiger partial charge in [0.15, 0.2) is 5.69 Å². The van der Waals surface area contributed by atoms with Gasteiger partial charge in [0.1, 0.15) is 0 Å². The number of nitrogens with zero attached hydrogens (tertiary/aromatic N) is 2. The SMILES string of the molecule is CCCCn1nc(C(=O)NNC(=O)c2ccc(CC)cc2)ccc1=O. The van der Waals surface area contributed by atoms with E-state index in [9.17, 15) is 14.4 Å². The lowest BCUT2D eigenvalue weighted by Gasteiger charge is -2.09. The van der Waals surface area contributed by atoms with Gasteiger partial charge in [0.25, 0.3) is 17.4 Å². The highest BCUT2D eigenvalue weighted by Gasteiger charge is 2.11. The van der Waals surface area contributed by atoms with E-state index in [1.807, 2.05) is 26.0 Å². The van der Waals surface area contributed by atoms with Crippen molar-refractivity contribution in [3.05, 3.63) is 63.6 Å². The fourth-order valence-electron chi connectivity index (χ4n) is 2.18. The largest absolute Gasteiger partial charge is 0.290 e. The Bertz CT molecular complexity index is 797. The molecule has 1 aromatic carbocycles. The third kappa shape index (κ3) is 5.00. The van der Waals surface area contributed by atoms with Gasteiger partial charge in [-0.1, -0.05) is 32.4 Å². The van der Waals surface area contributed by atoms with Gasteiger partial charge < -0.3 is 0 Å². The molecule has 0 bridgehead atoms. The highest BCUT2D eigenvalue weighted by Crippen LogP contribution is 2.04. The van der Waals surface area contributed by atoms with Crippen LogP contribution in [0.25, 0.3) is 0 Å². The third-order valence-electron chi connectivity index (χ3n) is 3.74. The molecule has 0 saturated carbocycles. The minimum absolute atomic E-state index is 0.0670. The molecule has 0 radical (unpaired) electrons. The quantitative estimate of drug-likeness (QED) is 0.781. The molecule has 0 saturated heterocycles. The average Bonchev–Trinajstić information content (AvgIpc) is 2.65. The number of aryl methyl sites for hydroxylation is 2. The molecule has 2 N–H and O–H groups in total. The number of amides is 2. The number of hydrazine groups is 1. The Kier molecular flexibility index (Phi) is 6.45. The maximum Gasteiger partial charge on any atom is 0.290 e. The fraction of sp³-hybridized carbons (Fsp3) is 0.333. The summed E-state index contributed by atoms with van der Waals surface area (Å²) in [7, 11) is 0. The molecule has 0 aliphatic heterocycles. The molecule has 1 heterocycles. The molecule has 7 heteroatoms. The minimum Gasteiger partial charge on any atom is -0.268 e. The lowest BCUT2D eigenvalue weighted by molar-refractivity contribution is 0.0842. The van der Waals surface area contributed by atoms with Gasteiger partial charge >= 0.3 is 0 Å². The van der Waals surface area contributed by atoms with Gasteiger partial charge in [-0.2, -0.15) is 5.10 Å². The molecule has 0 atom stereocenters. The lowest BCUT2D eigenvalue weighted by Crippen LogP contribution is -2.42. The predicted octanol–water partition coefficient (Wildman–Crippen LogP) is 1.68. The van der Waals surface area contributed by atoms with Crippen LogP contribution >= 0.6 is 0 Å². The van der Waals surface area contributed by atoms with Crippen LogP contribution in [0.15, 0.2) is 41.2 Å². The summed E-state index contributed by atoms with van der Waals surface area (Å²) in [6, 6.07) is 9.75. The highest BCUT2D eigenvalue weighted by atomic mass is 16.2. The fourth-order valence-corrected chi connectivity index (χ4v) is 2.18. The number of carbonyl (C=O) groups excluding carboxylic acids is 2. The van der Waals surface area contributed by atoms with Gasteiger partial charge in [-0.3, -0.25) is 25.2 Å². The molecule has 0 spiro atoms. The second-order valence-electron chi connectivity index (χ2n) is 5.59. The number of hydrogen-bond donors (Lipinski definition) is 2. The summed E-state index contributed by atoms with van der Waals surface area (Å²) in [5.74, 6) is -1.00. The molecule has 0 aliphatic carbocycles. The molecule has 0 unspecified atom stereocenters. The summed E-state index contributed by atoms with van der Waals surface area (Å²) in [5, 5.41) is 4.02. The van der Waals surface area contributed by atoms with E-state index in [0.29, 0.717) is 12.1 Å². The number of rotatable bonds is 6. The second kappa shape index (κ2) is 8.77. The maximum absolute atomic E-state index is 12.1. The molecule has 7 nitrogen and oxygen atoms in total. The van der Waals surface area contributed by atoms with E-state index >= 15 is 0 Å². The third-order valence-corrected chi connectivity index (χ3v) is 3.74. The van der Waals surface area contributed by atoms with Crippen LogP contribution < -0.4 is 16.4 Å². The van der Waals surface area contributed by atoms with Crippen molar-refractivity contribution in [2.24, 2.45) is 0 Å². The zero-order valence-corrected chi connectivity index (χ0v) is 14.4. The first-order valence-electron chi connectivity index (χ1n) is 8.33. The molecule has 2 rings (SSSR count). The summed E-state index contributed by atoms with van der Waals surface area (Å²) in [4.78, 5) is 35.9. The van der Waals surface area contributed by atoms with E-state index in [0.717, 1.165) is 24.8 Å². The van der Waals surface area contributed by atoms with Gasteiger partial charge in [-0.05, 0) is 36.6 Å². The van der Waals surface area contributed by atoms with Crippen LogP contribution in [0.2, 0.25) is 0 Å². The van der Waals surface area contributed by atoms with Crippen LogP contribution in [0.1, 0.15) is 53.1 Å². The van der Waals surface area contributed by atoms with Crippen LogP contribution in [0.5, 0.6) is 0 Å². The van der Waals surface area contributed by atoms with Crippen molar-refractivity contribution in [2.45, 2.75) is 39.7 Å². The van der Waals surface area contributed by atoms with Crippen molar-refractivity contribution in [1.82, 2.24) is 20.6 Å². The molecule has 2 aromatic rings. The molecule has 0 aliphatic rings. The van der Waals surface area contributed by atoms with E-state index in [-0.39, 0.29) is 11.3 Å². The zero-order chi connectivity index (χ0) is 18.2. The first-order chi connectivity index (χ1) is 12.0. The maximum atomic E-state index is 12.1. The van der Waals surface area contributed by atoms with Crippen LogP contribution in [-0.2, 0) is 13.0 Å². The molecule has 1 aromatic heterocycles. The van der Waals surface area contributed by atoms with Crippen molar-refractivity contribution < 1.29 is 9.59 Å². The number of aromatic nitrogens is 2. The summed E-state index contributed by atoms with van der Waals surface area (Å²) in [5.41, 5.74) is 6.03. The summed E-state index contributed by atoms with van der Waals surface area (Å²) < 4.78 is 1.25. The van der Waals surface area contributed by atoms with Crippen LogP contribution in [-0.4, -0.2) is 21.6 Å². The average molecular weight is 342 g/mol. The number of benzene rings is 1. The van der Waals surface area contributed by atoms with Crippen molar-refractivity contribution >= 4 is 11.8 Å². The van der Waals surface area contributed by atoms with Crippen molar-refractivity contribution in [3.8, 4) is 0 Å². The first-order valence-corrected chi connectivity index (χ1v) is 8.33. The van der Waals surface area contributed by atoms with Crippen molar-refractivity contribution in [2.75, 3.05) is 0 Å². The van der Waals surface area contributed by atoms with Crippen molar-refractivity contribution in [1.29, 1.82) is 0 Å². The number of hydrogen-bond acceptors (Lipinski definition) is 4. The second-order valence-corrected chi connectivity index (χ2v) is 5.59.